The topological polar surface area (TPSA) is 115 Å². The summed E-state index contributed by atoms with van der Waals surface area (Å²) >= 11 is 7.22. The Bertz CT molecular complexity index is 1150. The van der Waals surface area contributed by atoms with Crippen LogP contribution in [0.4, 0.5) is 17.3 Å². The zero-order valence-electron chi connectivity index (χ0n) is 17.6. The number of carbonyl (C=O) groups is 2. The Labute approximate surface area is 200 Å². The molecule has 0 saturated carbocycles. The standard InChI is InChI=1S/C22H22ClN7O2S/c23-16-8-6-15(7-9-16)14-24-27-21-26-22(29-28-21)33-12-10-19(31)25-17-3-1-4-18(13-17)30-11-2-5-20(30)32/h1,3-4,6-9,13-14H,2,5,10-12H2,(H,25,31)(H2,26,27,28,29)/b24-14-. The monoisotopic (exact) mass is 483 g/mol. The van der Waals surface area contributed by atoms with Gasteiger partial charge in [0.1, 0.15) is 0 Å². The van der Waals surface area contributed by atoms with Crippen LogP contribution in [-0.4, -0.2) is 45.5 Å². The van der Waals surface area contributed by atoms with Gasteiger partial charge in [-0.3, -0.25) is 9.59 Å². The fourth-order valence-corrected chi connectivity index (χ4v) is 4.07. The molecule has 0 radical (unpaired) electrons. The predicted molar refractivity (Wildman–Crippen MR) is 131 cm³/mol. The average molecular weight is 484 g/mol. The molecule has 33 heavy (non-hydrogen) atoms. The first-order valence-corrected chi connectivity index (χ1v) is 11.7. The van der Waals surface area contributed by atoms with E-state index in [1.807, 2.05) is 36.4 Å². The molecule has 2 heterocycles. The summed E-state index contributed by atoms with van der Waals surface area (Å²) in [7, 11) is 0. The predicted octanol–water partition coefficient (Wildman–Crippen LogP) is 4.15. The van der Waals surface area contributed by atoms with Crippen LogP contribution in [0.2, 0.25) is 5.02 Å². The van der Waals surface area contributed by atoms with E-state index in [1.165, 1.54) is 11.8 Å². The lowest BCUT2D eigenvalue weighted by atomic mass is 10.2. The molecule has 2 amide bonds. The van der Waals surface area contributed by atoms with E-state index in [0.29, 0.717) is 47.0 Å². The summed E-state index contributed by atoms with van der Waals surface area (Å²) in [6, 6.07) is 14.6. The minimum Gasteiger partial charge on any atom is -0.326 e. The Balaban J connectivity index is 1.20. The van der Waals surface area contributed by atoms with E-state index in [4.69, 9.17) is 11.6 Å². The van der Waals surface area contributed by atoms with E-state index in [1.54, 1.807) is 23.2 Å². The molecule has 0 unspecified atom stereocenters. The number of carbonyl (C=O) groups excluding carboxylic acids is 2. The first-order valence-electron chi connectivity index (χ1n) is 10.4. The van der Waals surface area contributed by atoms with E-state index in [9.17, 15) is 9.59 Å². The van der Waals surface area contributed by atoms with Crippen LogP contribution in [0.3, 0.4) is 0 Å². The number of hydrazone groups is 1. The van der Waals surface area contributed by atoms with Crippen LogP contribution in [0, 0.1) is 0 Å². The first kappa shape index (κ1) is 22.8. The van der Waals surface area contributed by atoms with Crippen molar-refractivity contribution in [2.45, 2.75) is 24.4 Å². The molecule has 1 aliphatic heterocycles. The number of aromatic nitrogens is 3. The summed E-state index contributed by atoms with van der Waals surface area (Å²) in [5.41, 5.74) is 5.15. The van der Waals surface area contributed by atoms with E-state index in [-0.39, 0.29) is 11.8 Å². The lowest BCUT2D eigenvalue weighted by Gasteiger charge is -2.16. The molecule has 9 nitrogen and oxygen atoms in total. The zero-order valence-corrected chi connectivity index (χ0v) is 19.2. The Kier molecular flexibility index (Phi) is 7.59. The first-order chi connectivity index (χ1) is 16.1. The molecule has 3 N–H and O–H groups in total. The summed E-state index contributed by atoms with van der Waals surface area (Å²) in [6.45, 7) is 0.715. The number of thioether (sulfide) groups is 1. The van der Waals surface area contributed by atoms with Crippen molar-refractivity contribution in [2.75, 3.05) is 27.9 Å². The van der Waals surface area contributed by atoms with Gasteiger partial charge in [0.2, 0.25) is 22.9 Å². The van der Waals surface area contributed by atoms with Crippen LogP contribution in [0.5, 0.6) is 0 Å². The van der Waals surface area contributed by atoms with Gasteiger partial charge < -0.3 is 10.2 Å². The van der Waals surface area contributed by atoms with Gasteiger partial charge in [-0.15, -0.1) is 5.10 Å². The summed E-state index contributed by atoms with van der Waals surface area (Å²) in [5.74, 6) is 0.918. The number of rotatable bonds is 9. The number of anilines is 3. The van der Waals surface area contributed by atoms with Crippen molar-refractivity contribution in [3.8, 4) is 0 Å². The van der Waals surface area contributed by atoms with Gasteiger partial charge >= 0.3 is 0 Å². The maximum atomic E-state index is 12.3. The summed E-state index contributed by atoms with van der Waals surface area (Å²) in [6.07, 6.45) is 3.37. The molecule has 0 atom stereocenters. The van der Waals surface area contributed by atoms with Crippen molar-refractivity contribution < 1.29 is 9.59 Å². The van der Waals surface area contributed by atoms with Crippen LogP contribution in [0.15, 0.2) is 58.8 Å². The number of hydrogen-bond acceptors (Lipinski definition) is 7. The van der Waals surface area contributed by atoms with E-state index < -0.39 is 0 Å². The van der Waals surface area contributed by atoms with Crippen molar-refractivity contribution >= 4 is 58.7 Å². The SMILES string of the molecule is O=C(CCSc1n[nH]c(N/N=C\c2ccc(Cl)cc2)n1)Nc1cccc(N2CCCC2=O)c1. The van der Waals surface area contributed by atoms with E-state index in [0.717, 1.165) is 17.7 Å². The minimum atomic E-state index is -0.117. The second-order valence-corrected chi connectivity index (χ2v) is 8.73. The molecule has 1 aliphatic rings. The highest BCUT2D eigenvalue weighted by molar-refractivity contribution is 7.99. The van der Waals surface area contributed by atoms with Crippen LogP contribution in [-0.2, 0) is 9.59 Å². The lowest BCUT2D eigenvalue weighted by Crippen LogP contribution is -2.23. The van der Waals surface area contributed by atoms with Gasteiger partial charge in [0.25, 0.3) is 0 Å². The Hall–Kier alpha value is -3.37. The maximum absolute atomic E-state index is 12.3. The van der Waals surface area contributed by atoms with Crippen LogP contribution in [0.25, 0.3) is 0 Å². The van der Waals surface area contributed by atoms with Gasteiger partial charge in [0.15, 0.2) is 0 Å². The van der Waals surface area contributed by atoms with Gasteiger partial charge in [-0.2, -0.15) is 10.1 Å². The second-order valence-electron chi connectivity index (χ2n) is 7.23. The molecule has 0 aliphatic carbocycles. The average Bonchev–Trinajstić information content (AvgIpc) is 3.44. The lowest BCUT2D eigenvalue weighted by molar-refractivity contribution is -0.117. The third kappa shape index (κ3) is 6.56. The number of aromatic amines is 1. The third-order valence-electron chi connectivity index (χ3n) is 4.79. The van der Waals surface area contributed by atoms with E-state index in [2.05, 4.69) is 31.0 Å². The third-order valence-corrected chi connectivity index (χ3v) is 5.90. The number of benzene rings is 2. The van der Waals surface area contributed by atoms with Crippen molar-refractivity contribution in [2.24, 2.45) is 5.10 Å². The smallest absolute Gasteiger partial charge is 0.240 e. The van der Waals surface area contributed by atoms with Crippen molar-refractivity contribution in [3.63, 3.8) is 0 Å². The molecule has 11 heteroatoms. The molecule has 0 bridgehead atoms. The molecule has 1 saturated heterocycles. The van der Waals surface area contributed by atoms with Crippen molar-refractivity contribution in [1.29, 1.82) is 0 Å². The summed E-state index contributed by atoms with van der Waals surface area (Å²) in [5, 5.41) is 15.0. The summed E-state index contributed by atoms with van der Waals surface area (Å²) < 4.78 is 0. The Morgan fingerprint density at radius 1 is 1.27 bits per heavy atom. The molecule has 4 rings (SSSR count). The number of amides is 2. The van der Waals surface area contributed by atoms with Gasteiger partial charge in [-0.25, -0.2) is 10.5 Å². The fourth-order valence-electron chi connectivity index (χ4n) is 3.21. The van der Waals surface area contributed by atoms with Gasteiger partial charge in [-0.1, -0.05) is 41.6 Å². The molecule has 1 fully saturated rings. The molecular weight excluding hydrogens is 462 g/mol. The number of hydrogen-bond donors (Lipinski definition) is 3. The van der Waals surface area contributed by atoms with Crippen LogP contribution in [0.1, 0.15) is 24.8 Å². The molecule has 3 aromatic rings. The van der Waals surface area contributed by atoms with Gasteiger partial charge in [0, 0.05) is 41.5 Å². The number of H-pyrrole nitrogens is 1. The van der Waals surface area contributed by atoms with Crippen molar-refractivity contribution in [3.05, 3.63) is 59.1 Å². The van der Waals surface area contributed by atoms with Gasteiger partial charge in [0.05, 0.1) is 6.21 Å². The van der Waals surface area contributed by atoms with Gasteiger partial charge in [-0.05, 0) is 42.3 Å². The summed E-state index contributed by atoms with van der Waals surface area (Å²) in [4.78, 5) is 30.3. The Morgan fingerprint density at radius 2 is 2.12 bits per heavy atom. The van der Waals surface area contributed by atoms with E-state index >= 15 is 0 Å². The highest BCUT2D eigenvalue weighted by Crippen LogP contribution is 2.24. The maximum Gasteiger partial charge on any atom is 0.240 e. The van der Waals surface area contributed by atoms with Crippen molar-refractivity contribution in [1.82, 2.24) is 15.2 Å². The molecular formula is C22H22ClN7O2S. The number of nitrogens with zero attached hydrogens (tertiary/aromatic N) is 4. The fraction of sp³-hybridized carbons (Fsp3) is 0.227. The largest absolute Gasteiger partial charge is 0.326 e. The number of halogens is 1. The molecule has 0 spiro atoms. The molecule has 1 aromatic heterocycles. The molecule has 2 aromatic carbocycles. The quantitative estimate of drug-likeness (QED) is 0.239. The minimum absolute atomic E-state index is 0.117. The number of nitrogens with one attached hydrogen (secondary N) is 3. The second kappa shape index (κ2) is 11.0. The van der Waals surface area contributed by atoms with Crippen LogP contribution >= 0.6 is 23.4 Å². The highest BCUT2D eigenvalue weighted by atomic mass is 35.5. The normalized spacial score (nSPS) is 13.6. The highest BCUT2D eigenvalue weighted by Gasteiger charge is 2.21. The Morgan fingerprint density at radius 3 is 2.91 bits per heavy atom. The zero-order chi connectivity index (χ0) is 23.0. The van der Waals surface area contributed by atoms with Crippen LogP contribution < -0.4 is 15.6 Å². The molecule has 170 valence electrons.